The van der Waals surface area contributed by atoms with Crippen LogP contribution in [0.25, 0.3) is 16.9 Å². The lowest BCUT2D eigenvalue weighted by molar-refractivity contribution is -0.192. The number of pyridine rings is 1. The first-order valence-electron chi connectivity index (χ1n) is 10.7. The number of carbonyl (C=O) groups is 1. The molecule has 0 bridgehead atoms. The number of alkyl halides is 3. The van der Waals surface area contributed by atoms with E-state index >= 15 is 0 Å². The summed E-state index contributed by atoms with van der Waals surface area (Å²) in [6, 6.07) is 8.14. The first-order valence-corrected chi connectivity index (χ1v) is 12.1. The van der Waals surface area contributed by atoms with E-state index in [0.717, 1.165) is 19.1 Å². The summed E-state index contributed by atoms with van der Waals surface area (Å²) in [6.45, 7) is 0.944. The van der Waals surface area contributed by atoms with Crippen molar-refractivity contribution in [1.29, 1.82) is 0 Å². The Morgan fingerprint density at radius 1 is 1.13 bits per heavy atom. The van der Waals surface area contributed by atoms with E-state index in [1.807, 2.05) is 0 Å². The van der Waals surface area contributed by atoms with Crippen molar-refractivity contribution in [3.05, 3.63) is 70.6 Å². The molecule has 0 saturated carbocycles. The maximum absolute atomic E-state index is 12.8. The van der Waals surface area contributed by atoms with Gasteiger partial charge in [-0.1, -0.05) is 12.1 Å². The number of halogens is 5. The zero-order valence-electron chi connectivity index (χ0n) is 20.6. The molecule has 3 N–H and O–H groups in total. The molecule has 2 heterocycles. The van der Waals surface area contributed by atoms with Crippen LogP contribution in [0.4, 0.5) is 22.0 Å². The molecule has 2 aromatic heterocycles. The highest BCUT2D eigenvalue weighted by molar-refractivity contribution is 7.89. The summed E-state index contributed by atoms with van der Waals surface area (Å²) in [5.74, 6) is -2.46. The lowest BCUT2D eigenvalue weighted by atomic mass is 10.1. The van der Waals surface area contributed by atoms with Crippen molar-refractivity contribution in [2.45, 2.75) is 24.5 Å². The highest BCUT2D eigenvalue weighted by Gasteiger charge is 2.38. The van der Waals surface area contributed by atoms with Gasteiger partial charge in [-0.25, -0.2) is 36.5 Å². The van der Waals surface area contributed by atoms with E-state index in [1.54, 1.807) is 25.1 Å². The van der Waals surface area contributed by atoms with E-state index in [-0.39, 0.29) is 17.0 Å². The van der Waals surface area contributed by atoms with Crippen LogP contribution in [-0.4, -0.2) is 69.9 Å². The van der Waals surface area contributed by atoms with Crippen molar-refractivity contribution in [3.63, 3.8) is 0 Å². The predicted octanol–water partition coefficient (Wildman–Crippen LogP) is 2.40. The maximum Gasteiger partial charge on any atom is 0.490 e. The normalized spacial score (nSPS) is 11.6. The smallest absolute Gasteiger partial charge is 0.475 e. The van der Waals surface area contributed by atoms with E-state index in [2.05, 4.69) is 10.1 Å². The Labute approximate surface area is 218 Å². The molecule has 0 amide bonds. The summed E-state index contributed by atoms with van der Waals surface area (Å²) in [5.41, 5.74) is 6.39. The van der Waals surface area contributed by atoms with Crippen LogP contribution in [0.2, 0.25) is 0 Å². The van der Waals surface area contributed by atoms with Gasteiger partial charge in [-0.3, -0.25) is 0 Å². The monoisotopic (exact) mass is 578 g/mol. The summed E-state index contributed by atoms with van der Waals surface area (Å²) in [6.07, 6.45) is -4.27. The molecule has 1 aromatic carbocycles. The molecule has 3 aromatic rings. The lowest BCUT2D eigenvalue weighted by Crippen LogP contribution is -2.27. The van der Waals surface area contributed by atoms with Gasteiger partial charge >= 0.3 is 17.8 Å². The summed E-state index contributed by atoms with van der Waals surface area (Å²) in [4.78, 5) is 26.0. The van der Waals surface area contributed by atoms with Crippen LogP contribution in [0.5, 0.6) is 0 Å². The molecule has 0 aliphatic rings. The minimum Gasteiger partial charge on any atom is -0.475 e. The molecule has 0 atom stereocenters. The van der Waals surface area contributed by atoms with Crippen molar-refractivity contribution in [2.75, 3.05) is 20.6 Å². The number of nitrogens with zero attached hydrogens (tertiary/aromatic N) is 5. The SMILES string of the molecule is Cc1cc(-c2ccc(S(=O)(=O)N(C)C)cc2)cnc1-n1cnn(CC(CN)=C(F)F)c1=O.O=C(O)C(F)(F)F. The van der Waals surface area contributed by atoms with Gasteiger partial charge in [0.05, 0.1) is 11.4 Å². The third kappa shape index (κ3) is 7.55. The largest absolute Gasteiger partial charge is 0.490 e. The zero-order chi connectivity index (χ0) is 29.7. The third-order valence-electron chi connectivity index (χ3n) is 5.08. The quantitative estimate of drug-likeness (QED) is 0.406. The Kier molecular flexibility index (Phi) is 9.83. The number of nitrogens with two attached hydrogens (primary N) is 1. The number of hydrogen-bond acceptors (Lipinski definition) is 7. The highest BCUT2D eigenvalue weighted by Crippen LogP contribution is 2.24. The number of sulfonamides is 1. The number of carboxylic acids is 1. The average Bonchev–Trinajstić information content (AvgIpc) is 3.21. The minimum atomic E-state index is -5.08. The fourth-order valence-electron chi connectivity index (χ4n) is 2.98. The molecule has 0 unspecified atom stereocenters. The first kappa shape index (κ1) is 31.3. The Morgan fingerprint density at radius 2 is 1.69 bits per heavy atom. The fourth-order valence-corrected chi connectivity index (χ4v) is 3.88. The molecule has 17 heteroatoms. The van der Waals surface area contributed by atoms with Gasteiger partial charge in [0.2, 0.25) is 10.0 Å². The number of carboxylic acid groups (broad SMARTS) is 1. The molecule has 0 aliphatic carbocycles. The summed E-state index contributed by atoms with van der Waals surface area (Å²) in [7, 11) is -0.615. The number of aryl methyl sites for hydroxylation is 1. The molecular formula is C22H23F5N6O5S. The molecule has 0 fully saturated rings. The Balaban J connectivity index is 0.000000673. The Morgan fingerprint density at radius 3 is 2.13 bits per heavy atom. The Hall–Kier alpha value is -3.96. The topological polar surface area (TPSA) is 153 Å². The van der Waals surface area contributed by atoms with Crippen LogP contribution in [0.1, 0.15) is 5.56 Å². The van der Waals surface area contributed by atoms with E-state index in [9.17, 15) is 35.2 Å². The number of hydrogen-bond donors (Lipinski definition) is 2. The van der Waals surface area contributed by atoms with E-state index in [1.165, 1.54) is 38.8 Å². The van der Waals surface area contributed by atoms with Crippen LogP contribution < -0.4 is 11.4 Å². The van der Waals surface area contributed by atoms with Crippen molar-refractivity contribution >= 4 is 16.0 Å². The fraction of sp³-hybridized carbons (Fsp3) is 0.273. The van der Waals surface area contributed by atoms with E-state index < -0.39 is 40.5 Å². The predicted molar refractivity (Wildman–Crippen MR) is 129 cm³/mol. The molecule has 3 rings (SSSR count). The first-order chi connectivity index (χ1) is 18.0. The summed E-state index contributed by atoms with van der Waals surface area (Å²) in [5, 5.41) is 11.0. The van der Waals surface area contributed by atoms with Crippen LogP contribution in [0.3, 0.4) is 0 Å². The van der Waals surface area contributed by atoms with E-state index in [4.69, 9.17) is 15.6 Å². The van der Waals surface area contributed by atoms with Crippen molar-refractivity contribution in [1.82, 2.24) is 23.6 Å². The van der Waals surface area contributed by atoms with Gasteiger partial charge < -0.3 is 10.8 Å². The van der Waals surface area contributed by atoms with Crippen molar-refractivity contribution in [3.8, 4) is 16.9 Å². The number of aliphatic carboxylic acids is 1. The molecule has 0 saturated heterocycles. The lowest BCUT2D eigenvalue weighted by Gasteiger charge is -2.12. The standard InChI is InChI=1S/C20H22F2N6O3S.C2HF3O2/c1-13-8-15(14-4-6-17(7-5-14)32(30,31)26(2)3)10-24-19(13)27-12-25-28(20(27)29)11-16(9-23)18(21)22;3-2(4,5)1(6)7/h4-8,10,12H,9,11,23H2,1-3H3;(H,6,7). The second-order valence-electron chi connectivity index (χ2n) is 7.99. The third-order valence-corrected chi connectivity index (χ3v) is 6.90. The van der Waals surface area contributed by atoms with Crippen LogP contribution >= 0.6 is 0 Å². The number of aromatic nitrogens is 4. The Bertz CT molecular complexity index is 1530. The molecule has 0 radical (unpaired) electrons. The van der Waals surface area contributed by atoms with Crippen molar-refractivity contribution < 1.29 is 40.3 Å². The maximum atomic E-state index is 12.8. The summed E-state index contributed by atoms with van der Waals surface area (Å²) >= 11 is 0. The van der Waals surface area contributed by atoms with Crippen LogP contribution in [0, 0.1) is 6.92 Å². The molecular weight excluding hydrogens is 555 g/mol. The summed E-state index contributed by atoms with van der Waals surface area (Å²) < 4.78 is 85.0. The average molecular weight is 579 g/mol. The molecule has 11 nitrogen and oxygen atoms in total. The van der Waals surface area contributed by atoms with Gasteiger partial charge in [0.1, 0.15) is 12.1 Å². The second kappa shape index (κ2) is 12.3. The van der Waals surface area contributed by atoms with Gasteiger partial charge in [0, 0.05) is 38.0 Å². The highest BCUT2D eigenvalue weighted by atomic mass is 32.2. The number of rotatable bonds is 7. The van der Waals surface area contributed by atoms with Gasteiger partial charge in [0.15, 0.2) is 0 Å². The molecule has 39 heavy (non-hydrogen) atoms. The van der Waals surface area contributed by atoms with Crippen LogP contribution in [0.15, 0.2) is 64.2 Å². The number of benzene rings is 1. The second-order valence-corrected chi connectivity index (χ2v) is 10.1. The zero-order valence-corrected chi connectivity index (χ0v) is 21.5. The molecule has 212 valence electrons. The van der Waals surface area contributed by atoms with Crippen molar-refractivity contribution in [2.24, 2.45) is 5.73 Å². The van der Waals surface area contributed by atoms with Gasteiger partial charge in [0.25, 0.3) is 6.08 Å². The van der Waals surface area contributed by atoms with Gasteiger partial charge in [-0.05, 0) is 36.2 Å². The van der Waals surface area contributed by atoms with Gasteiger partial charge in [-0.2, -0.15) is 27.1 Å². The van der Waals surface area contributed by atoms with Crippen LogP contribution in [-0.2, 0) is 21.4 Å². The molecule has 0 spiro atoms. The molecule has 0 aliphatic heterocycles. The van der Waals surface area contributed by atoms with Gasteiger partial charge in [-0.15, -0.1) is 0 Å². The minimum absolute atomic E-state index is 0.169. The van der Waals surface area contributed by atoms with E-state index in [0.29, 0.717) is 16.9 Å².